The van der Waals surface area contributed by atoms with E-state index in [2.05, 4.69) is 15.1 Å². The molecule has 0 aliphatic heterocycles. The van der Waals surface area contributed by atoms with E-state index >= 15 is 0 Å². The molecule has 1 aromatic carbocycles. The third-order valence-electron chi connectivity index (χ3n) is 4.34. The smallest absolute Gasteiger partial charge is 0.213 e. The summed E-state index contributed by atoms with van der Waals surface area (Å²) >= 11 is 0. The lowest BCUT2D eigenvalue weighted by Crippen LogP contribution is -2.00. The highest BCUT2D eigenvalue weighted by atomic mass is 19.1. The number of benzene rings is 1. The van der Waals surface area contributed by atoms with E-state index in [1.165, 1.54) is 12.1 Å². The van der Waals surface area contributed by atoms with Crippen LogP contribution in [0.1, 0.15) is 16.8 Å². The molecule has 3 aromatic heterocycles. The fourth-order valence-electron chi connectivity index (χ4n) is 2.82. The van der Waals surface area contributed by atoms with Gasteiger partial charge in [0.25, 0.3) is 0 Å². The number of anilines is 2. The minimum absolute atomic E-state index is 0.0534. The molecule has 4 rings (SSSR count). The average molecular weight is 409 g/mol. The number of hydrogen-bond donors (Lipinski definition) is 2. The second-order valence-electron chi connectivity index (χ2n) is 6.56. The van der Waals surface area contributed by atoms with Gasteiger partial charge >= 0.3 is 0 Å². The molecule has 0 aliphatic carbocycles. The molecule has 0 saturated carbocycles. The van der Waals surface area contributed by atoms with Crippen LogP contribution in [0.25, 0.3) is 11.3 Å². The fourth-order valence-corrected chi connectivity index (χ4v) is 2.82. The van der Waals surface area contributed by atoms with Gasteiger partial charge in [-0.2, -0.15) is 0 Å². The van der Waals surface area contributed by atoms with E-state index in [0.717, 1.165) is 11.6 Å². The largest absolute Gasteiger partial charge is 0.473 e. The summed E-state index contributed by atoms with van der Waals surface area (Å²) in [5.74, 6) is 0.105. The normalized spacial score (nSPS) is 10.9. The third kappa shape index (κ3) is 4.35. The average Bonchev–Trinajstić information content (AvgIpc) is 3.16. The van der Waals surface area contributed by atoms with Crippen LogP contribution in [0.3, 0.4) is 0 Å². The topological polar surface area (TPSA) is 113 Å². The van der Waals surface area contributed by atoms with E-state index < -0.39 is 11.6 Å². The Kier molecular flexibility index (Phi) is 5.25. The molecule has 3 heterocycles. The highest BCUT2D eigenvalue weighted by Crippen LogP contribution is 2.26. The number of pyridine rings is 2. The molecule has 0 atom stereocenters. The first-order valence-electron chi connectivity index (χ1n) is 8.97. The van der Waals surface area contributed by atoms with Crippen LogP contribution >= 0.6 is 0 Å². The molecule has 0 spiro atoms. The monoisotopic (exact) mass is 409 g/mol. The highest BCUT2D eigenvalue weighted by molar-refractivity contribution is 5.71. The van der Waals surface area contributed by atoms with E-state index in [1.54, 1.807) is 30.5 Å². The standard InChI is InChI=1S/C21H17F2N5O2/c22-14-3-2-13(17(23)8-14)11-29-20-6-1-12(10-26-20)7-15-9-18(30-28-15)16-4-5-19(24)27-21(16)25/h1-6,8-10H,7,11H2,(H4,24,25,27). The summed E-state index contributed by atoms with van der Waals surface area (Å²) in [5.41, 5.74) is 13.9. The molecule has 30 heavy (non-hydrogen) atoms. The molecule has 0 bridgehead atoms. The van der Waals surface area contributed by atoms with Gasteiger partial charge in [0.15, 0.2) is 5.76 Å². The summed E-state index contributed by atoms with van der Waals surface area (Å²) in [6, 6.07) is 11.9. The summed E-state index contributed by atoms with van der Waals surface area (Å²) in [6.45, 7) is -0.0534. The Morgan fingerprint density at radius 1 is 1.00 bits per heavy atom. The summed E-state index contributed by atoms with van der Waals surface area (Å²) in [5, 5.41) is 4.05. The van der Waals surface area contributed by atoms with Crippen LogP contribution in [0.5, 0.6) is 5.88 Å². The summed E-state index contributed by atoms with van der Waals surface area (Å²) in [7, 11) is 0. The van der Waals surface area contributed by atoms with Gasteiger partial charge in [-0.15, -0.1) is 0 Å². The Hall–Kier alpha value is -4.01. The molecule has 4 N–H and O–H groups in total. The van der Waals surface area contributed by atoms with Crippen LogP contribution < -0.4 is 16.2 Å². The highest BCUT2D eigenvalue weighted by Gasteiger charge is 2.12. The van der Waals surface area contributed by atoms with Gasteiger partial charge in [0.05, 0.1) is 11.3 Å². The predicted molar refractivity (Wildman–Crippen MR) is 106 cm³/mol. The van der Waals surface area contributed by atoms with Crippen molar-refractivity contribution in [3.05, 3.63) is 83.2 Å². The van der Waals surface area contributed by atoms with E-state index in [9.17, 15) is 8.78 Å². The lowest BCUT2D eigenvalue weighted by Gasteiger charge is -2.07. The molecule has 0 fully saturated rings. The van der Waals surface area contributed by atoms with Gasteiger partial charge in [-0.3, -0.25) is 0 Å². The number of nitrogens with zero attached hydrogens (tertiary/aromatic N) is 3. The minimum atomic E-state index is -0.662. The van der Waals surface area contributed by atoms with Crippen molar-refractivity contribution in [3.8, 4) is 17.2 Å². The van der Waals surface area contributed by atoms with Gasteiger partial charge in [-0.05, 0) is 29.8 Å². The summed E-state index contributed by atoms with van der Waals surface area (Å²) in [6.07, 6.45) is 2.11. The molecule has 9 heteroatoms. The maximum atomic E-state index is 13.7. The Labute approximate surface area is 170 Å². The zero-order valence-electron chi connectivity index (χ0n) is 15.7. The van der Waals surface area contributed by atoms with Crippen LogP contribution in [-0.4, -0.2) is 15.1 Å². The molecular weight excluding hydrogens is 392 g/mol. The number of rotatable bonds is 6. The second-order valence-corrected chi connectivity index (χ2v) is 6.56. The molecular formula is C21H17F2N5O2. The van der Waals surface area contributed by atoms with Gasteiger partial charge in [0.2, 0.25) is 5.88 Å². The number of hydrogen-bond acceptors (Lipinski definition) is 7. The molecule has 0 saturated heterocycles. The maximum Gasteiger partial charge on any atom is 0.213 e. The molecule has 0 aliphatic rings. The van der Waals surface area contributed by atoms with Gasteiger partial charge in [0, 0.05) is 36.4 Å². The van der Waals surface area contributed by atoms with Crippen LogP contribution in [0.2, 0.25) is 0 Å². The number of nitrogens with two attached hydrogens (primary N) is 2. The van der Waals surface area contributed by atoms with Gasteiger partial charge < -0.3 is 20.7 Å². The zero-order valence-corrected chi connectivity index (χ0v) is 15.7. The fraction of sp³-hybridized carbons (Fsp3) is 0.0952. The number of nitrogen functional groups attached to an aromatic ring is 2. The lowest BCUT2D eigenvalue weighted by atomic mass is 10.1. The molecule has 0 amide bonds. The zero-order chi connectivity index (χ0) is 21.1. The van der Waals surface area contributed by atoms with E-state index in [0.29, 0.717) is 35.1 Å². The van der Waals surface area contributed by atoms with Crippen molar-refractivity contribution in [2.45, 2.75) is 13.0 Å². The van der Waals surface area contributed by atoms with Crippen molar-refractivity contribution in [3.63, 3.8) is 0 Å². The first kappa shape index (κ1) is 19.3. The molecule has 0 unspecified atom stereocenters. The molecule has 0 radical (unpaired) electrons. The minimum Gasteiger partial charge on any atom is -0.473 e. The number of aromatic nitrogens is 3. The first-order chi connectivity index (χ1) is 14.5. The van der Waals surface area contributed by atoms with Crippen LogP contribution in [0, 0.1) is 11.6 Å². The van der Waals surface area contributed by atoms with Crippen molar-refractivity contribution >= 4 is 11.6 Å². The van der Waals surface area contributed by atoms with Gasteiger partial charge in [-0.1, -0.05) is 11.2 Å². The van der Waals surface area contributed by atoms with Crippen molar-refractivity contribution in [2.24, 2.45) is 0 Å². The third-order valence-corrected chi connectivity index (χ3v) is 4.34. The van der Waals surface area contributed by atoms with E-state index in [-0.39, 0.29) is 18.0 Å². The maximum absolute atomic E-state index is 13.7. The van der Waals surface area contributed by atoms with Crippen molar-refractivity contribution < 1.29 is 18.0 Å². The molecule has 4 aromatic rings. The summed E-state index contributed by atoms with van der Waals surface area (Å²) in [4.78, 5) is 8.21. The van der Waals surface area contributed by atoms with Crippen molar-refractivity contribution in [1.82, 2.24) is 15.1 Å². The van der Waals surface area contributed by atoms with Gasteiger partial charge in [-0.25, -0.2) is 18.7 Å². The molecule has 152 valence electrons. The van der Waals surface area contributed by atoms with E-state index in [1.807, 2.05) is 6.07 Å². The predicted octanol–water partition coefficient (Wildman–Crippen LogP) is 3.74. The SMILES string of the molecule is Nc1ccc(-c2cc(Cc3ccc(OCc4ccc(F)cc4F)nc3)no2)c(N)n1. The molecule has 7 nitrogen and oxygen atoms in total. The van der Waals surface area contributed by atoms with Gasteiger partial charge in [0.1, 0.15) is 29.9 Å². The van der Waals surface area contributed by atoms with Crippen molar-refractivity contribution in [1.29, 1.82) is 0 Å². The Balaban J connectivity index is 1.39. The number of halogens is 2. The van der Waals surface area contributed by atoms with Crippen molar-refractivity contribution in [2.75, 3.05) is 11.5 Å². The lowest BCUT2D eigenvalue weighted by molar-refractivity contribution is 0.287. The summed E-state index contributed by atoms with van der Waals surface area (Å²) < 4.78 is 37.4. The quantitative estimate of drug-likeness (QED) is 0.499. The number of ether oxygens (including phenoxy) is 1. The van der Waals surface area contributed by atoms with Crippen LogP contribution in [0.4, 0.5) is 20.4 Å². The van der Waals surface area contributed by atoms with Crippen LogP contribution in [0.15, 0.2) is 59.3 Å². The first-order valence-corrected chi connectivity index (χ1v) is 8.97. The Morgan fingerprint density at radius 3 is 2.60 bits per heavy atom. The van der Waals surface area contributed by atoms with Crippen LogP contribution in [-0.2, 0) is 13.0 Å². The second kappa shape index (κ2) is 8.16. The van der Waals surface area contributed by atoms with E-state index in [4.69, 9.17) is 20.7 Å². The Bertz CT molecular complexity index is 1180. The Morgan fingerprint density at radius 2 is 1.87 bits per heavy atom.